The Labute approximate surface area is 138 Å². The van der Waals surface area contributed by atoms with Crippen LogP contribution < -0.4 is 19.7 Å². The largest absolute Gasteiger partial charge is 0.504 e. The number of nitrogens with one attached hydrogen (secondary N) is 1. The van der Waals surface area contributed by atoms with Gasteiger partial charge in [0.05, 0.1) is 12.8 Å². The van der Waals surface area contributed by atoms with Gasteiger partial charge in [-0.1, -0.05) is 0 Å². The van der Waals surface area contributed by atoms with Gasteiger partial charge in [-0.2, -0.15) is 0 Å². The molecule has 0 atom stereocenters. The van der Waals surface area contributed by atoms with Crippen molar-refractivity contribution in [2.75, 3.05) is 31.0 Å². The molecule has 124 valence electrons. The van der Waals surface area contributed by atoms with Gasteiger partial charge >= 0.3 is 0 Å². The van der Waals surface area contributed by atoms with Crippen LogP contribution in [0.15, 0.2) is 36.4 Å². The van der Waals surface area contributed by atoms with Crippen molar-refractivity contribution in [3.63, 3.8) is 0 Å². The summed E-state index contributed by atoms with van der Waals surface area (Å²) in [6.07, 6.45) is 0. The van der Waals surface area contributed by atoms with Crippen LogP contribution in [0.25, 0.3) is 0 Å². The van der Waals surface area contributed by atoms with E-state index in [1.165, 1.54) is 24.1 Å². The summed E-state index contributed by atoms with van der Waals surface area (Å²) < 4.78 is 10.3. The van der Waals surface area contributed by atoms with Gasteiger partial charge in [-0.3, -0.25) is 9.59 Å². The van der Waals surface area contributed by atoms with E-state index in [9.17, 15) is 14.7 Å². The number of amides is 2. The number of phenolic OH excluding ortho intramolecular Hbond substituents is 1. The minimum Gasteiger partial charge on any atom is -0.504 e. The van der Waals surface area contributed by atoms with E-state index in [4.69, 9.17) is 9.47 Å². The number of aromatic hydroxyl groups is 1. The third-order valence-electron chi connectivity index (χ3n) is 3.75. The summed E-state index contributed by atoms with van der Waals surface area (Å²) in [5.74, 6) is 0.277. The van der Waals surface area contributed by atoms with Gasteiger partial charge in [0.1, 0.15) is 5.75 Å². The Kier molecular flexibility index (Phi) is 3.99. The van der Waals surface area contributed by atoms with Gasteiger partial charge in [0.2, 0.25) is 0 Å². The molecule has 1 aliphatic rings. The molecule has 2 aromatic carbocycles. The second-order valence-electron chi connectivity index (χ2n) is 5.26. The molecule has 3 rings (SSSR count). The molecule has 0 saturated heterocycles. The molecule has 1 aliphatic heterocycles. The van der Waals surface area contributed by atoms with E-state index in [2.05, 4.69) is 5.32 Å². The lowest BCUT2D eigenvalue weighted by Crippen LogP contribution is -2.35. The predicted molar refractivity (Wildman–Crippen MR) is 88.0 cm³/mol. The second-order valence-corrected chi connectivity index (χ2v) is 5.26. The third kappa shape index (κ3) is 2.83. The van der Waals surface area contributed by atoms with E-state index in [1.807, 2.05) is 0 Å². The first-order valence-corrected chi connectivity index (χ1v) is 7.21. The van der Waals surface area contributed by atoms with Crippen molar-refractivity contribution in [1.82, 2.24) is 0 Å². The highest BCUT2D eigenvalue weighted by atomic mass is 16.5. The highest BCUT2D eigenvalue weighted by Crippen LogP contribution is 2.33. The average molecular weight is 328 g/mol. The summed E-state index contributed by atoms with van der Waals surface area (Å²) in [5.41, 5.74) is 1.40. The molecule has 2 N–H and O–H groups in total. The Bertz CT molecular complexity index is 819. The van der Waals surface area contributed by atoms with Gasteiger partial charge in [-0.15, -0.1) is 0 Å². The standard InChI is InChI=1S/C17H16N2O5/c1-19-12-7-10(3-6-14(12)24-9-16(19)21)17(22)18-11-4-5-13(20)15(8-11)23-2/h3-8,20H,9H2,1-2H3,(H,18,22). The maximum atomic E-state index is 12.4. The van der Waals surface area contributed by atoms with Crippen molar-refractivity contribution >= 4 is 23.2 Å². The molecule has 2 amide bonds. The monoisotopic (exact) mass is 328 g/mol. The van der Waals surface area contributed by atoms with Crippen molar-refractivity contribution < 1.29 is 24.2 Å². The lowest BCUT2D eigenvalue weighted by Gasteiger charge is -2.26. The number of phenols is 1. The molecule has 2 aromatic rings. The summed E-state index contributed by atoms with van der Waals surface area (Å²) in [4.78, 5) is 25.6. The van der Waals surface area contributed by atoms with Gasteiger partial charge in [-0.05, 0) is 30.3 Å². The topological polar surface area (TPSA) is 88.1 Å². The molecule has 0 aliphatic carbocycles. The first kappa shape index (κ1) is 15.7. The van der Waals surface area contributed by atoms with Gasteiger partial charge < -0.3 is 24.8 Å². The van der Waals surface area contributed by atoms with Crippen LogP contribution >= 0.6 is 0 Å². The Morgan fingerprint density at radius 1 is 1.29 bits per heavy atom. The summed E-state index contributed by atoms with van der Waals surface area (Å²) in [6, 6.07) is 9.39. The van der Waals surface area contributed by atoms with Gasteiger partial charge in [-0.25, -0.2) is 0 Å². The molecule has 0 bridgehead atoms. The summed E-state index contributed by atoms with van der Waals surface area (Å²) in [7, 11) is 3.06. The number of hydrogen-bond acceptors (Lipinski definition) is 5. The molecule has 0 radical (unpaired) electrons. The van der Waals surface area contributed by atoms with Gasteiger partial charge in [0.25, 0.3) is 11.8 Å². The van der Waals surface area contributed by atoms with Crippen LogP contribution in [-0.4, -0.2) is 37.7 Å². The molecule has 0 fully saturated rings. The smallest absolute Gasteiger partial charge is 0.264 e. The minimum atomic E-state index is -0.350. The Hall–Kier alpha value is -3.22. The van der Waals surface area contributed by atoms with Crippen molar-refractivity contribution in [2.45, 2.75) is 0 Å². The maximum Gasteiger partial charge on any atom is 0.264 e. The Balaban J connectivity index is 1.84. The molecule has 0 saturated carbocycles. The Morgan fingerprint density at radius 3 is 2.83 bits per heavy atom. The summed E-state index contributed by atoms with van der Waals surface area (Å²) >= 11 is 0. The van der Waals surface area contributed by atoms with Crippen LogP contribution in [0.5, 0.6) is 17.2 Å². The minimum absolute atomic E-state index is 0.0116. The zero-order valence-corrected chi connectivity index (χ0v) is 13.2. The van der Waals surface area contributed by atoms with Crippen LogP contribution in [0.2, 0.25) is 0 Å². The molecular weight excluding hydrogens is 312 g/mol. The van der Waals surface area contributed by atoms with E-state index in [-0.39, 0.29) is 29.9 Å². The molecule has 0 spiro atoms. The molecule has 1 heterocycles. The van der Waals surface area contributed by atoms with Crippen LogP contribution in [0.4, 0.5) is 11.4 Å². The SMILES string of the molecule is COc1cc(NC(=O)c2ccc3c(c2)N(C)C(=O)CO3)ccc1O. The normalized spacial score (nSPS) is 13.1. The zero-order valence-electron chi connectivity index (χ0n) is 13.2. The van der Waals surface area contributed by atoms with Crippen LogP contribution in [0.1, 0.15) is 10.4 Å². The number of methoxy groups -OCH3 is 1. The predicted octanol–water partition coefficient (Wildman–Crippen LogP) is 2.01. The number of hydrogen-bond donors (Lipinski definition) is 2. The average Bonchev–Trinajstić information content (AvgIpc) is 2.59. The van der Waals surface area contributed by atoms with Crippen molar-refractivity contribution in [2.24, 2.45) is 0 Å². The zero-order chi connectivity index (χ0) is 17.3. The fourth-order valence-corrected chi connectivity index (χ4v) is 2.37. The lowest BCUT2D eigenvalue weighted by atomic mass is 10.1. The molecular formula is C17H16N2O5. The van der Waals surface area contributed by atoms with Crippen LogP contribution in [-0.2, 0) is 4.79 Å². The van der Waals surface area contributed by atoms with Crippen LogP contribution in [0, 0.1) is 0 Å². The fourth-order valence-electron chi connectivity index (χ4n) is 2.37. The van der Waals surface area contributed by atoms with E-state index in [1.54, 1.807) is 31.3 Å². The van der Waals surface area contributed by atoms with Gasteiger partial charge in [0, 0.05) is 24.4 Å². The van der Waals surface area contributed by atoms with Crippen LogP contribution in [0.3, 0.4) is 0 Å². The lowest BCUT2D eigenvalue weighted by molar-refractivity contribution is -0.120. The fraction of sp³-hybridized carbons (Fsp3) is 0.176. The van der Waals surface area contributed by atoms with E-state index < -0.39 is 0 Å². The van der Waals surface area contributed by atoms with E-state index in [0.717, 1.165) is 0 Å². The number of nitrogens with zero attached hydrogens (tertiary/aromatic N) is 1. The third-order valence-corrected chi connectivity index (χ3v) is 3.75. The van der Waals surface area contributed by atoms with Crippen molar-refractivity contribution in [3.05, 3.63) is 42.0 Å². The molecule has 7 heteroatoms. The number of ether oxygens (including phenoxy) is 2. The first-order chi connectivity index (χ1) is 11.5. The highest BCUT2D eigenvalue weighted by Gasteiger charge is 2.23. The highest BCUT2D eigenvalue weighted by molar-refractivity contribution is 6.06. The number of benzene rings is 2. The molecule has 0 unspecified atom stereocenters. The number of anilines is 2. The summed E-state index contributed by atoms with van der Waals surface area (Å²) in [6.45, 7) is -0.0116. The van der Waals surface area contributed by atoms with Gasteiger partial charge in [0.15, 0.2) is 18.1 Å². The summed E-state index contributed by atoms with van der Waals surface area (Å²) in [5, 5.41) is 12.3. The molecule has 24 heavy (non-hydrogen) atoms. The maximum absolute atomic E-state index is 12.4. The number of likely N-dealkylation sites (N-methyl/N-ethyl adjacent to an activating group) is 1. The number of rotatable bonds is 3. The molecule has 0 aromatic heterocycles. The second kappa shape index (κ2) is 6.11. The van der Waals surface area contributed by atoms with E-state index >= 15 is 0 Å². The van der Waals surface area contributed by atoms with E-state index in [0.29, 0.717) is 22.7 Å². The molecule has 7 nitrogen and oxygen atoms in total. The Morgan fingerprint density at radius 2 is 2.08 bits per heavy atom. The number of fused-ring (bicyclic) bond motifs is 1. The number of carbonyl (C=O) groups is 2. The van der Waals surface area contributed by atoms with Crippen molar-refractivity contribution in [1.29, 1.82) is 0 Å². The quantitative estimate of drug-likeness (QED) is 0.842. The first-order valence-electron chi connectivity index (χ1n) is 7.21. The van der Waals surface area contributed by atoms with Crippen molar-refractivity contribution in [3.8, 4) is 17.2 Å². The number of carbonyl (C=O) groups excluding carboxylic acids is 2.